The van der Waals surface area contributed by atoms with E-state index in [9.17, 15) is 18.0 Å². The van der Waals surface area contributed by atoms with Crippen molar-refractivity contribution in [3.05, 3.63) is 63.8 Å². The number of benzene rings is 2. The Bertz CT molecular complexity index is 1670. The Morgan fingerprint density at radius 3 is 2.42 bits per heavy atom. The van der Waals surface area contributed by atoms with E-state index in [4.69, 9.17) is 37.2 Å². The maximum Gasteiger partial charge on any atom is 0.340 e. The average Bonchev–Trinajstić information content (AvgIpc) is 3.45. The fourth-order valence-corrected chi connectivity index (χ4v) is 7.45. The van der Waals surface area contributed by atoms with E-state index in [0.29, 0.717) is 51.5 Å². The van der Waals surface area contributed by atoms with Crippen molar-refractivity contribution in [3.8, 4) is 11.3 Å². The first-order valence-corrected chi connectivity index (χ1v) is 17.5. The lowest BCUT2D eigenvalue weighted by atomic mass is 10.0. The lowest BCUT2D eigenvalue weighted by Gasteiger charge is -2.33. The highest BCUT2D eigenvalue weighted by atomic mass is 35.5. The van der Waals surface area contributed by atoms with Crippen LogP contribution in [0.4, 0.5) is 16.2 Å². The zero-order valence-electron chi connectivity index (χ0n) is 25.0. The summed E-state index contributed by atoms with van der Waals surface area (Å²) in [5.41, 5.74) is 3.59. The zero-order valence-corrected chi connectivity index (χ0v) is 27.3. The molecular weight excluding hydrogens is 641 g/mol. The normalized spacial score (nSPS) is 21.0. The summed E-state index contributed by atoms with van der Waals surface area (Å²) in [4.78, 5) is 26.3. The van der Waals surface area contributed by atoms with Gasteiger partial charge in [0.1, 0.15) is 18.1 Å². The van der Waals surface area contributed by atoms with Crippen molar-refractivity contribution in [2.75, 3.05) is 29.1 Å². The maximum absolute atomic E-state index is 12.4. The largest absolute Gasteiger partial charge is 0.464 e. The van der Waals surface area contributed by atoms with Crippen molar-refractivity contribution in [1.29, 1.82) is 0 Å². The van der Waals surface area contributed by atoms with Crippen molar-refractivity contribution in [1.82, 2.24) is 5.16 Å². The molecule has 0 spiro atoms. The summed E-state index contributed by atoms with van der Waals surface area (Å²) in [6.45, 7) is 4.12. The van der Waals surface area contributed by atoms with E-state index in [1.807, 2.05) is 12.1 Å². The fraction of sp³-hybridized carbons (Fsp3) is 0.469. The van der Waals surface area contributed by atoms with E-state index in [1.54, 1.807) is 44.2 Å². The maximum atomic E-state index is 12.4. The van der Waals surface area contributed by atoms with Gasteiger partial charge < -0.3 is 24.2 Å². The number of ether oxygens (including phenoxy) is 2. The van der Waals surface area contributed by atoms with Crippen LogP contribution < -0.4 is 10.2 Å². The predicted molar refractivity (Wildman–Crippen MR) is 171 cm³/mol. The molecule has 3 fully saturated rings. The van der Waals surface area contributed by atoms with Crippen LogP contribution in [0, 0.1) is 11.8 Å². The standard InChI is InChI=1S/C32H35Cl2N3O7S/c1-18(2)31(38)42-12-13-45(40,41)32(39)35-21-8-10-22(11-9-21)37-16-20-14-23(37)15-27(20)43-17-24-29(36-44-30(24)19-6-7-19)28-25(33)4-3-5-26(28)34/h3-5,8-11,18-20,23,27H,6-7,12-17H2,1-2H3,(H,35,39)/t20-,23-,27+/m0/s1. The monoisotopic (exact) mass is 675 g/mol. The summed E-state index contributed by atoms with van der Waals surface area (Å²) >= 11 is 13.0. The minimum absolute atomic E-state index is 0.0892. The Balaban J connectivity index is 1.04. The molecule has 2 saturated carbocycles. The highest BCUT2D eigenvalue weighted by Gasteiger charge is 2.46. The van der Waals surface area contributed by atoms with Crippen LogP contribution in [0.3, 0.4) is 0 Å². The zero-order chi connectivity index (χ0) is 31.9. The number of sulfone groups is 1. The Morgan fingerprint density at radius 2 is 1.80 bits per heavy atom. The molecule has 0 radical (unpaired) electrons. The number of carbonyl (C=O) groups excluding carboxylic acids is 2. The highest BCUT2D eigenvalue weighted by Crippen LogP contribution is 2.47. The number of carbonyl (C=O) groups is 2. The third kappa shape index (κ3) is 6.86. The number of rotatable bonds is 11. The number of fused-ring (bicyclic) bond motifs is 2. The van der Waals surface area contributed by atoms with E-state index in [-0.39, 0.29) is 18.6 Å². The molecule has 3 aliphatic rings. The van der Waals surface area contributed by atoms with Gasteiger partial charge in [0.25, 0.3) is 0 Å². The van der Waals surface area contributed by atoms with E-state index in [2.05, 4.69) is 15.4 Å². The van der Waals surface area contributed by atoms with Gasteiger partial charge in [0.15, 0.2) is 0 Å². The molecule has 1 aromatic heterocycles. The SMILES string of the molecule is CC(C)C(=O)OCCS(=O)(=O)C(=O)Nc1ccc(N2C[C@@H]3C[C@H]2C[C@H]3OCc2c(-c3c(Cl)cccc3Cl)noc2C2CC2)cc1. The molecule has 2 bridgehead atoms. The average molecular weight is 677 g/mol. The van der Waals surface area contributed by atoms with E-state index in [1.165, 1.54) is 0 Å². The van der Waals surface area contributed by atoms with Crippen LogP contribution in [0.15, 0.2) is 47.0 Å². The van der Waals surface area contributed by atoms with E-state index in [0.717, 1.165) is 49.2 Å². The van der Waals surface area contributed by atoms with Crippen molar-refractivity contribution in [2.45, 2.75) is 64.2 Å². The highest BCUT2D eigenvalue weighted by molar-refractivity contribution is 8.06. The second kappa shape index (κ2) is 12.9. The van der Waals surface area contributed by atoms with Crippen LogP contribution in [0.1, 0.15) is 56.8 Å². The molecule has 1 amide bonds. The summed E-state index contributed by atoms with van der Waals surface area (Å²) in [5, 5.41) is 6.71. The van der Waals surface area contributed by atoms with Crippen molar-refractivity contribution >= 4 is 55.6 Å². The van der Waals surface area contributed by atoms with Crippen LogP contribution in [0.5, 0.6) is 0 Å². The molecular formula is C32H35Cl2N3O7S. The number of nitrogens with zero attached hydrogens (tertiary/aromatic N) is 2. The molecule has 45 heavy (non-hydrogen) atoms. The molecule has 2 aliphatic carbocycles. The van der Waals surface area contributed by atoms with Gasteiger partial charge in [0, 0.05) is 46.9 Å². The Hall–Kier alpha value is -3.12. The van der Waals surface area contributed by atoms with E-state index < -0.39 is 26.8 Å². The molecule has 3 atom stereocenters. The van der Waals surface area contributed by atoms with Crippen LogP contribution in [0.2, 0.25) is 10.0 Å². The second-order valence-corrected chi connectivity index (χ2v) is 15.1. The van der Waals surface area contributed by atoms with Gasteiger partial charge in [-0.3, -0.25) is 9.59 Å². The molecule has 3 aromatic rings. The summed E-state index contributed by atoms with van der Waals surface area (Å²) in [7, 11) is -4.14. The Morgan fingerprint density at radius 1 is 1.09 bits per heavy atom. The first kappa shape index (κ1) is 31.8. The lowest BCUT2D eigenvalue weighted by molar-refractivity contribution is -0.146. The molecule has 0 unspecified atom stereocenters. The molecule has 13 heteroatoms. The molecule has 10 nitrogen and oxygen atoms in total. The van der Waals surface area contributed by atoms with Crippen LogP contribution >= 0.6 is 23.2 Å². The Kier molecular flexibility index (Phi) is 9.16. The van der Waals surface area contributed by atoms with Gasteiger partial charge in [-0.1, -0.05) is 48.3 Å². The van der Waals surface area contributed by atoms with Gasteiger partial charge in [0.2, 0.25) is 9.84 Å². The fourth-order valence-electron chi connectivity index (χ4n) is 6.11. The summed E-state index contributed by atoms with van der Waals surface area (Å²) in [6, 6.07) is 12.8. The van der Waals surface area contributed by atoms with Gasteiger partial charge >= 0.3 is 11.2 Å². The molecule has 2 aromatic carbocycles. The number of amides is 1. The van der Waals surface area contributed by atoms with Crippen molar-refractivity contribution in [3.63, 3.8) is 0 Å². The number of piperidine rings is 1. The second-order valence-electron chi connectivity index (χ2n) is 12.2. The molecule has 1 N–H and O–H groups in total. The molecule has 1 saturated heterocycles. The Labute approximate surface area is 272 Å². The van der Waals surface area contributed by atoms with Gasteiger partial charge in [-0.05, 0) is 62.1 Å². The van der Waals surface area contributed by atoms with Gasteiger partial charge in [-0.15, -0.1) is 0 Å². The minimum Gasteiger partial charge on any atom is -0.464 e. The topological polar surface area (TPSA) is 128 Å². The smallest absolute Gasteiger partial charge is 0.340 e. The first-order valence-electron chi connectivity index (χ1n) is 15.1. The summed E-state index contributed by atoms with van der Waals surface area (Å²) in [6.07, 6.45) is 4.09. The van der Waals surface area contributed by atoms with Crippen LogP contribution in [-0.2, 0) is 30.7 Å². The molecule has 6 rings (SSSR count). The number of hydrogen-bond donors (Lipinski definition) is 1. The minimum atomic E-state index is -4.14. The van der Waals surface area contributed by atoms with Crippen molar-refractivity contribution in [2.24, 2.45) is 11.8 Å². The first-order chi connectivity index (χ1) is 21.5. The van der Waals surface area contributed by atoms with Crippen LogP contribution in [-0.4, -0.2) is 55.8 Å². The molecule has 2 heterocycles. The number of nitrogens with one attached hydrogen (secondary N) is 1. The predicted octanol–water partition coefficient (Wildman–Crippen LogP) is 6.86. The molecule has 1 aliphatic heterocycles. The van der Waals surface area contributed by atoms with Gasteiger partial charge in [-0.25, -0.2) is 8.42 Å². The number of aromatic nitrogens is 1. The number of esters is 1. The quantitative estimate of drug-likeness (QED) is 0.217. The number of hydrogen-bond acceptors (Lipinski definition) is 9. The summed E-state index contributed by atoms with van der Waals surface area (Å²) in [5.74, 6) is 0.0897. The summed E-state index contributed by atoms with van der Waals surface area (Å²) < 4.78 is 41.9. The number of anilines is 2. The number of halogens is 2. The van der Waals surface area contributed by atoms with E-state index >= 15 is 0 Å². The molecule has 240 valence electrons. The lowest BCUT2D eigenvalue weighted by Crippen LogP contribution is -2.38. The van der Waals surface area contributed by atoms with Crippen LogP contribution in [0.25, 0.3) is 11.3 Å². The third-order valence-electron chi connectivity index (χ3n) is 8.68. The van der Waals surface area contributed by atoms with Crippen molar-refractivity contribution < 1.29 is 32.0 Å². The van der Waals surface area contributed by atoms with Gasteiger partial charge in [-0.2, -0.15) is 0 Å². The third-order valence-corrected chi connectivity index (χ3v) is 10.7. The van der Waals surface area contributed by atoms with Gasteiger partial charge in [0.05, 0.1) is 34.4 Å².